The van der Waals surface area contributed by atoms with E-state index in [2.05, 4.69) is 15.0 Å². The van der Waals surface area contributed by atoms with Crippen LogP contribution in [0, 0.1) is 6.92 Å². The maximum absolute atomic E-state index is 12.9. The van der Waals surface area contributed by atoms with Gasteiger partial charge in [-0.15, -0.1) is 0 Å². The monoisotopic (exact) mass is 375 g/mol. The lowest BCUT2D eigenvalue weighted by molar-refractivity contribution is 0.607. The molecular weight excluding hydrogens is 354 g/mol. The van der Waals surface area contributed by atoms with Crippen LogP contribution in [0.5, 0.6) is 0 Å². The molecule has 0 N–H and O–H groups in total. The SMILES string of the molecule is Cc1nc(N2CCCC2c2nc3ccccc3c(=O)n2C)c2cnn(C)c2n1. The van der Waals surface area contributed by atoms with Crippen LogP contribution >= 0.6 is 0 Å². The Morgan fingerprint density at radius 2 is 1.89 bits per heavy atom. The first-order valence-corrected chi connectivity index (χ1v) is 9.43. The normalized spacial score (nSPS) is 17.1. The average Bonchev–Trinajstić information content (AvgIpc) is 3.32. The minimum atomic E-state index is -0.0159. The van der Waals surface area contributed by atoms with Crippen molar-refractivity contribution in [1.82, 2.24) is 29.3 Å². The summed E-state index contributed by atoms with van der Waals surface area (Å²) < 4.78 is 3.45. The van der Waals surface area contributed by atoms with Crippen LogP contribution in [0.15, 0.2) is 35.3 Å². The average molecular weight is 375 g/mol. The maximum atomic E-state index is 12.9. The van der Waals surface area contributed by atoms with E-state index in [0.29, 0.717) is 11.2 Å². The number of rotatable bonds is 2. The fourth-order valence-corrected chi connectivity index (χ4v) is 4.15. The van der Waals surface area contributed by atoms with Crippen LogP contribution in [-0.4, -0.2) is 35.8 Å². The highest BCUT2D eigenvalue weighted by molar-refractivity contribution is 5.87. The number of aryl methyl sites for hydroxylation is 2. The molecule has 1 fully saturated rings. The van der Waals surface area contributed by atoms with E-state index in [1.54, 1.807) is 16.3 Å². The molecule has 5 rings (SSSR count). The number of hydrogen-bond acceptors (Lipinski definition) is 6. The van der Waals surface area contributed by atoms with E-state index in [-0.39, 0.29) is 11.6 Å². The largest absolute Gasteiger partial charge is 0.346 e. The summed E-state index contributed by atoms with van der Waals surface area (Å²) in [6, 6.07) is 7.50. The van der Waals surface area contributed by atoms with Gasteiger partial charge < -0.3 is 4.90 Å². The molecule has 28 heavy (non-hydrogen) atoms. The van der Waals surface area contributed by atoms with E-state index in [1.165, 1.54) is 0 Å². The number of aromatic nitrogens is 6. The fraction of sp³-hybridized carbons (Fsp3) is 0.350. The molecule has 4 aromatic rings. The van der Waals surface area contributed by atoms with Crippen molar-refractivity contribution in [3.8, 4) is 0 Å². The zero-order valence-electron chi connectivity index (χ0n) is 16.1. The molecule has 0 amide bonds. The molecule has 0 aliphatic carbocycles. The van der Waals surface area contributed by atoms with Crippen molar-refractivity contribution in [3.63, 3.8) is 0 Å². The van der Waals surface area contributed by atoms with Crippen LogP contribution in [0.4, 0.5) is 5.82 Å². The first kappa shape index (κ1) is 16.9. The highest BCUT2D eigenvalue weighted by Gasteiger charge is 2.32. The van der Waals surface area contributed by atoms with Gasteiger partial charge in [0.2, 0.25) is 0 Å². The molecule has 3 aromatic heterocycles. The molecule has 1 aromatic carbocycles. The van der Waals surface area contributed by atoms with Gasteiger partial charge in [-0.05, 0) is 31.9 Å². The Morgan fingerprint density at radius 1 is 1.07 bits per heavy atom. The molecule has 1 aliphatic heterocycles. The van der Waals surface area contributed by atoms with Crippen molar-refractivity contribution in [3.05, 3.63) is 52.5 Å². The van der Waals surface area contributed by atoms with Gasteiger partial charge in [0.25, 0.3) is 5.56 Å². The third kappa shape index (κ3) is 2.41. The predicted molar refractivity (Wildman–Crippen MR) is 107 cm³/mol. The fourth-order valence-electron chi connectivity index (χ4n) is 4.15. The summed E-state index contributed by atoms with van der Waals surface area (Å²) in [4.78, 5) is 29.3. The molecule has 1 aliphatic rings. The Hall–Kier alpha value is -3.29. The first-order valence-electron chi connectivity index (χ1n) is 9.43. The molecule has 8 nitrogen and oxygen atoms in total. The van der Waals surface area contributed by atoms with Gasteiger partial charge in [-0.25, -0.2) is 15.0 Å². The summed E-state index contributed by atoms with van der Waals surface area (Å²) in [5.41, 5.74) is 1.53. The second-order valence-corrected chi connectivity index (χ2v) is 7.30. The van der Waals surface area contributed by atoms with E-state index in [9.17, 15) is 4.79 Å². The van der Waals surface area contributed by atoms with Crippen molar-refractivity contribution in [2.45, 2.75) is 25.8 Å². The van der Waals surface area contributed by atoms with Gasteiger partial charge in [0.05, 0.1) is 28.5 Å². The maximum Gasteiger partial charge on any atom is 0.261 e. The lowest BCUT2D eigenvalue weighted by Gasteiger charge is -2.27. The van der Waals surface area contributed by atoms with Crippen molar-refractivity contribution >= 4 is 27.8 Å². The van der Waals surface area contributed by atoms with E-state index in [1.807, 2.05) is 44.4 Å². The molecule has 0 bridgehead atoms. The van der Waals surface area contributed by atoms with Crippen LogP contribution in [0.2, 0.25) is 0 Å². The predicted octanol–water partition coefficient (Wildman–Crippen LogP) is 2.26. The van der Waals surface area contributed by atoms with Crippen LogP contribution < -0.4 is 10.5 Å². The molecule has 1 unspecified atom stereocenters. The summed E-state index contributed by atoms with van der Waals surface area (Å²) in [5.74, 6) is 2.34. The zero-order chi connectivity index (χ0) is 19.4. The Bertz CT molecular complexity index is 1270. The molecule has 0 radical (unpaired) electrons. The van der Waals surface area contributed by atoms with E-state index < -0.39 is 0 Å². The topological polar surface area (TPSA) is 81.7 Å². The molecule has 0 spiro atoms. The molecule has 1 saturated heterocycles. The lowest BCUT2D eigenvalue weighted by atomic mass is 10.1. The Balaban J connectivity index is 1.70. The summed E-state index contributed by atoms with van der Waals surface area (Å²) in [6.07, 6.45) is 3.74. The van der Waals surface area contributed by atoms with Crippen molar-refractivity contribution < 1.29 is 0 Å². The zero-order valence-corrected chi connectivity index (χ0v) is 16.1. The van der Waals surface area contributed by atoms with Crippen LogP contribution in [0.25, 0.3) is 21.9 Å². The summed E-state index contributed by atoms with van der Waals surface area (Å²) in [6.45, 7) is 2.75. The standard InChI is InChI=1S/C20H21N7O/c1-12-22-17-14(11-21-26(17)3)18(23-12)27-10-6-9-16(27)19-24-15-8-5-4-7-13(15)20(28)25(19)2/h4-5,7-8,11,16H,6,9-10H2,1-3H3. The third-order valence-corrected chi connectivity index (χ3v) is 5.52. The Kier molecular flexibility index (Phi) is 3.68. The Morgan fingerprint density at radius 3 is 2.75 bits per heavy atom. The van der Waals surface area contributed by atoms with Crippen LogP contribution in [0.3, 0.4) is 0 Å². The lowest BCUT2D eigenvalue weighted by Crippen LogP contribution is -2.31. The smallest absolute Gasteiger partial charge is 0.261 e. The Labute approximate surface area is 161 Å². The van der Waals surface area contributed by atoms with Gasteiger partial charge in [0.1, 0.15) is 17.5 Å². The quantitative estimate of drug-likeness (QED) is 0.535. The number of nitrogens with zero attached hydrogens (tertiary/aromatic N) is 7. The molecule has 4 heterocycles. The minimum absolute atomic E-state index is 0.0139. The molecule has 142 valence electrons. The van der Waals surface area contributed by atoms with Gasteiger partial charge in [-0.2, -0.15) is 5.10 Å². The second-order valence-electron chi connectivity index (χ2n) is 7.30. The van der Waals surface area contributed by atoms with Gasteiger partial charge in [0, 0.05) is 20.6 Å². The van der Waals surface area contributed by atoms with Crippen molar-refractivity contribution in [2.24, 2.45) is 14.1 Å². The highest BCUT2D eigenvalue weighted by atomic mass is 16.1. The summed E-state index contributed by atoms with van der Waals surface area (Å²) in [7, 11) is 3.69. The number of anilines is 1. The minimum Gasteiger partial charge on any atom is -0.346 e. The third-order valence-electron chi connectivity index (χ3n) is 5.52. The molecule has 0 saturated carbocycles. The van der Waals surface area contributed by atoms with E-state index >= 15 is 0 Å². The molecule has 8 heteroatoms. The van der Waals surface area contributed by atoms with Gasteiger partial charge in [0.15, 0.2) is 5.65 Å². The van der Waals surface area contributed by atoms with Crippen molar-refractivity contribution in [1.29, 1.82) is 0 Å². The van der Waals surface area contributed by atoms with Crippen LogP contribution in [-0.2, 0) is 14.1 Å². The van der Waals surface area contributed by atoms with Crippen molar-refractivity contribution in [2.75, 3.05) is 11.4 Å². The first-order chi connectivity index (χ1) is 13.5. The van der Waals surface area contributed by atoms with E-state index in [4.69, 9.17) is 9.97 Å². The van der Waals surface area contributed by atoms with E-state index in [0.717, 1.165) is 47.6 Å². The second kappa shape index (κ2) is 6.12. The van der Waals surface area contributed by atoms with Crippen LogP contribution in [0.1, 0.15) is 30.5 Å². The number of fused-ring (bicyclic) bond motifs is 2. The number of para-hydroxylation sites is 1. The highest BCUT2D eigenvalue weighted by Crippen LogP contribution is 2.37. The van der Waals surface area contributed by atoms with Gasteiger partial charge >= 0.3 is 0 Å². The van der Waals surface area contributed by atoms with Gasteiger partial charge in [-0.1, -0.05) is 12.1 Å². The summed E-state index contributed by atoms with van der Waals surface area (Å²) >= 11 is 0. The molecular formula is C20H21N7O. The summed E-state index contributed by atoms with van der Waals surface area (Å²) in [5, 5.41) is 5.92. The number of benzene rings is 1. The molecule has 1 atom stereocenters. The number of hydrogen-bond donors (Lipinski definition) is 0. The van der Waals surface area contributed by atoms with Gasteiger partial charge in [-0.3, -0.25) is 14.0 Å².